The molecule has 3 rings (SSSR count). The Morgan fingerprint density at radius 3 is 2.39 bits per heavy atom. The second kappa shape index (κ2) is 6.69. The van der Waals surface area contributed by atoms with Crippen LogP contribution in [0.25, 0.3) is 22.5 Å². The van der Waals surface area contributed by atoms with Crippen LogP contribution in [-0.2, 0) is 6.54 Å². The van der Waals surface area contributed by atoms with Gasteiger partial charge in [-0.15, -0.1) is 0 Å². The second-order valence-electron chi connectivity index (χ2n) is 5.80. The first-order valence-corrected chi connectivity index (χ1v) is 8.13. The summed E-state index contributed by atoms with van der Waals surface area (Å²) in [6.07, 6.45) is 2.13. The molecule has 0 amide bonds. The molecule has 0 spiro atoms. The molecule has 118 valence electrons. The van der Waals surface area contributed by atoms with Crippen LogP contribution in [0.4, 0.5) is 0 Å². The minimum atomic E-state index is 0.265. The lowest BCUT2D eigenvalue weighted by molar-refractivity contribution is 0.477. The number of rotatable bonds is 5. The van der Waals surface area contributed by atoms with Crippen LogP contribution in [0.1, 0.15) is 25.3 Å². The van der Waals surface area contributed by atoms with Crippen molar-refractivity contribution in [3.8, 4) is 28.3 Å². The quantitative estimate of drug-likeness (QED) is 0.718. The van der Waals surface area contributed by atoms with Crippen LogP contribution in [0.15, 0.2) is 54.6 Å². The third-order valence-electron chi connectivity index (χ3n) is 4.10. The molecule has 2 aromatic carbocycles. The summed E-state index contributed by atoms with van der Waals surface area (Å²) in [5.74, 6) is 0.265. The highest BCUT2D eigenvalue weighted by Gasteiger charge is 2.20. The van der Waals surface area contributed by atoms with Crippen LogP contribution in [0.2, 0.25) is 0 Å². The maximum Gasteiger partial charge on any atom is 0.169 e. The molecule has 0 saturated heterocycles. The molecular weight excluding hydrogens is 284 g/mol. The van der Waals surface area contributed by atoms with E-state index in [4.69, 9.17) is 5.10 Å². The third-order valence-corrected chi connectivity index (χ3v) is 4.10. The van der Waals surface area contributed by atoms with E-state index in [1.54, 1.807) is 0 Å². The summed E-state index contributed by atoms with van der Waals surface area (Å²) in [6, 6.07) is 18.0. The Balaban J connectivity index is 2.17. The van der Waals surface area contributed by atoms with Gasteiger partial charge in [-0.2, -0.15) is 5.10 Å². The van der Waals surface area contributed by atoms with E-state index < -0.39 is 0 Å². The Morgan fingerprint density at radius 2 is 1.70 bits per heavy atom. The zero-order valence-electron chi connectivity index (χ0n) is 13.7. The van der Waals surface area contributed by atoms with Gasteiger partial charge in [0, 0.05) is 17.7 Å². The molecule has 3 nitrogen and oxygen atoms in total. The number of hydrogen-bond donors (Lipinski definition) is 1. The predicted molar refractivity (Wildman–Crippen MR) is 94.4 cm³/mol. The highest BCUT2D eigenvalue weighted by Crippen LogP contribution is 2.39. The van der Waals surface area contributed by atoms with Crippen molar-refractivity contribution in [3.63, 3.8) is 0 Å². The van der Waals surface area contributed by atoms with Gasteiger partial charge in [-0.05, 0) is 18.9 Å². The van der Waals surface area contributed by atoms with E-state index >= 15 is 0 Å². The molecule has 23 heavy (non-hydrogen) atoms. The van der Waals surface area contributed by atoms with E-state index in [0.717, 1.165) is 41.8 Å². The smallest absolute Gasteiger partial charge is 0.169 e. The van der Waals surface area contributed by atoms with Gasteiger partial charge in [0.05, 0.1) is 0 Å². The standard InChI is InChI=1S/C20H22N2O/c1-3-4-14-22-19(17-13-9-8-10-15(17)2)20(23)18(21-22)16-11-6-5-7-12-16/h5-13,23H,3-4,14H2,1-2H3. The number of aromatic nitrogens is 2. The summed E-state index contributed by atoms with van der Waals surface area (Å²) in [4.78, 5) is 0. The van der Waals surface area contributed by atoms with E-state index in [1.807, 2.05) is 53.2 Å². The zero-order chi connectivity index (χ0) is 16.2. The Bertz CT molecular complexity index is 791. The summed E-state index contributed by atoms with van der Waals surface area (Å²) in [6.45, 7) is 5.03. The number of hydrogen-bond acceptors (Lipinski definition) is 2. The first-order valence-electron chi connectivity index (χ1n) is 8.13. The Labute approximate surface area is 137 Å². The van der Waals surface area contributed by atoms with Crippen LogP contribution in [0.3, 0.4) is 0 Å². The number of aromatic hydroxyl groups is 1. The molecule has 0 atom stereocenters. The molecule has 1 aromatic heterocycles. The van der Waals surface area contributed by atoms with Gasteiger partial charge in [0.15, 0.2) is 5.75 Å². The molecule has 3 heteroatoms. The van der Waals surface area contributed by atoms with Gasteiger partial charge in [-0.3, -0.25) is 4.68 Å². The lowest BCUT2D eigenvalue weighted by atomic mass is 10.0. The van der Waals surface area contributed by atoms with Crippen molar-refractivity contribution < 1.29 is 5.11 Å². The molecule has 0 radical (unpaired) electrons. The summed E-state index contributed by atoms with van der Waals surface area (Å²) >= 11 is 0. The van der Waals surface area contributed by atoms with Crippen LogP contribution in [0, 0.1) is 6.92 Å². The summed E-state index contributed by atoms with van der Waals surface area (Å²) in [5, 5.41) is 15.6. The summed E-state index contributed by atoms with van der Waals surface area (Å²) in [7, 11) is 0. The summed E-state index contributed by atoms with van der Waals surface area (Å²) < 4.78 is 1.95. The van der Waals surface area contributed by atoms with Gasteiger partial charge in [-0.1, -0.05) is 67.9 Å². The lowest BCUT2D eigenvalue weighted by Gasteiger charge is -2.09. The average Bonchev–Trinajstić information content (AvgIpc) is 2.91. The Kier molecular flexibility index (Phi) is 4.47. The molecule has 0 fully saturated rings. The zero-order valence-corrected chi connectivity index (χ0v) is 13.7. The van der Waals surface area contributed by atoms with Crippen LogP contribution in [-0.4, -0.2) is 14.9 Å². The lowest BCUT2D eigenvalue weighted by Crippen LogP contribution is -2.03. The molecule has 0 saturated carbocycles. The van der Waals surface area contributed by atoms with Crippen molar-refractivity contribution in [2.24, 2.45) is 0 Å². The van der Waals surface area contributed by atoms with Crippen LogP contribution >= 0.6 is 0 Å². The van der Waals surface area contributed by atoms with Crippen molar-refractivity contribution in [2.45, 2.75) is 33.2 Å². The third kappa shape index (κ3) is 3.00. The van der Waals surface area contributed by atoms with E-state index in [1.165, 1.54) is 0 Å². The fourth-order valence-corrected chi connectivity index (χ4v) is 2.82. The van der Waals surface area contributed by atoms with Gasteiger partial charge in [0.25, 0.3) is 0 Å². The van der Waals surface area contributed by atoms with Crippen molar-refractivity contribution in [1.29, 1.82) is 0 Å². The van der Waals surface area contributed by atoms with E-state index in [2.05, 4.69) is 19.9 Å². The fourth-order valence-electron chi connectivity index (χ4n) is 2.82. The number of nitrogens with zero attached hydrogens (tertiary/aromatic N) is 2. The molecule has 0 bridgehead atoms. The normalized spacial score (nSPS) is 10.9. The maximum atomic E-state index is 10.9. The van der Waals surface area contributed by atoms with Gasteiger partial charge >= 0.3 is 0 Å². The Morgan fingerprint density at radius 1 is 1.00 bits per heavy atom. The topological polar surface area (TPSA) is 38.0 Å². The highest BCUT2D eigenvalue weighted by molar-refractivity contribution is 5.79. The van der Waals surface area contributed by atoms with Crippen molar-refractivity contribution in [3.05, 3.63) is 60.2 Å². The number of unbranched alkanes of at least 4 members (excludes halogenated alkanes) is 1. The molecule has 0 aliphatic carbocycles. The van der Waals surface area contributed by atoms with Gasteiger partial charge < -0.3 is 5.11 Å². The molecule has 0 aliphatic heterocycles. The van der Waals surface area contributed by atoms with Crippen molar-refractivity contribution in [1.82, 2.24) is 9.78 Å². The minimum absolute atomic E-state index is 0.265. The van der Waals surface area contributed by atoms with Crippen molar-refractivity contribution >= 4 is 0 Å². The van der Waals surface area contributed by atoms with Crippen LogP contribution < -0.4 is 0 Å². The summed E-state index contributed by atoms with van der Waals surface area (Å²) in [5.41, 5.74) is 4.58. The molecule has 0 unspecified atom stereocenters. The highest BCUT2D eigenvalue weighted by atomic mass is 16.3. The largest absolute Gasteiger partial charge is 0.504 e. The van der Waals surface area contributed by atoms with E-state index in [-0.39, 0.29) is 5.75 Å². The van der Waals surface area contributed by atoms with E-state index in [0.29, 0.717) is 5.69 Å². The monoisotopic (exact) mass is 306 g/mol. The molecule has 3 aromatic rings. The minimum Gasteiger partial charge on any atom is -0.504 e. The first kappa shape index (κ1) is 15.3. The van der Waals surface area contributed by atoms with Gasteiger partial charge in [0.2, 0.25) is 0 Å². The molecular formula is C20H22N2O. The maximum absolute atomic E-state index is 10.9. The number of aryl methyl sites for hydroxylation is 2. The van der Waals surface area contributed by atoms with Gasteiger partial charge in [-0.25, -0.2) is 0 Å². The SMILES string of the molecule is CCCCn1nc(-c2ccccc2)c(O)c1-c1ccccc1C. The predicted octanol–water partition coefficient (Wildman–Crippen LogP) is 5.03. The van der Waals surface area contributed by atoms with Crippen molar-refractivity contribution in [2.75, 3.05) is 0 Å². The van der Waals surface area contributed by atoms with E-state index in [9.17, 15) is 5.11 Å². The second-order valence-corrected chi connectivity index (χ2v) is 5.80. The number of benzene rings is 2. The fraction of sp³-hybridized carbons (Fsp3) is 0.250. The molecule has 1 N–H and O–H groups in total. The van der Waals surface area contributed by atoms with Crippen LogP contribution in [0.5, 0.6) is 5.75 Å². The Hall–Kier alpha value is -2.55. The van der Waals surface area contributed by atoms with Gasteiger partial charge in [0.1, 0.15) is 11.4 Å². The average molecular weight is 306 g/mol. The molecule has 0 aliphatic rings. The molecule has 1 heterocycles. The first-order chi connectivity index (χ1) is 11.2.